The number of para-hydroxylation sites is 1. The highest BCUT2D eigenvalue weighted by molar-refractivity contribution is 5.72. The molecule has 0 aromatic heterocycles. The van der Waals surface area contributed by atoms with Gasteiger partial charge in [0.2, 0.25) is 0 Å². The summed E-state index contributed by atoms with van der Waals surface area (Å²) in [7, 11) is 2.13. The summed E-state index contributed by atoms with van der Waals surface area (Å²) in [6.45, 7) is 2.88. The summed E-state index contributed by atoms with van der Waals surface area (Å²) in [6.07, 6.45) is 2.79. The molecule has 1 aromatic rings. The third kappa shape index (κ3) is 2.59. The lowest BCUT2D eigenvalue weighted by atomic mass is 10.0. The third-order valence-electron chi connectivity index (χ3n) is 4.16. The van der Waals surface area contributed by atoms with E-state index >= 15 is 0 Å². The Morgan fingerprint density at radius 1 is 1.16 bits per heavy atom. The second-order valence-corrected chi connectivity index (χ2v) is 5.45. The van der Waals surface area contributed by atoms with Gasteiger partial charge in [0.1, 0.15) is 5.75 Å². The minimum absolute atomic E-state index is 0.181. The number of carbonyl (C=O) groups is 1. The predicted molar refractivity (Wildman–Crippen MR) is 73.4 cm³/mol. The lowest BCUT2D eigenvalue weighted by molar-refractivity contribution is 0.107. The molecular formula is C15H20N2O2. The molecule has 2 aliphatic rings. The summed E-state index contributed by atoms with van der Waals surface area (Å²) >= 11 is 0. The van der Waals surface area contributed by atoms with Crippen LogP contribution in [0.25, 0.3) is 0 Å². The number of carbonyl (C=O) groups excluding carboxylic acids is 1. The summed E-state index contributed by atoms with van der Waals surface area (Å²) in [5.74, 6) is 0.725. The van der Waals surface area contributed by atoms with Crippen molar-refractivity contribution in [1.82, 2.24) is 9.80 Å². The van der Waals surface area contributed by atoms with E-state index in [1.807, 2.05) is 29.2 Å². The number of fused-ring (bicyclic) bond motifs is 1. The molecule has 1 amide bonds. The van der Waals surface area contributed by atoms with Crippen molar-refractivity contribution < 1.29 is 9.53 Å². The minimum atomic E-state index is -0.181. The van der Waals surface area contributed by atoms with Crippen LogP contribution in [-0.4, -0.2) is 48.6 Å². The van der Waals surface area contributed by atoms with E-state index in [2.05, 4.69) is 11.9 Å². The van der Waals surface area contributed by atoms with Gasteiger partial charge < -0.3 is 14.5 Å². The summed E-state index contributed by atoms with van der Waals surface area (Å²) in [4.78, 5) is 16.5. The number of likely N-dealkylation sites (tertiary alicyclic amines) is 1. The maximum Gasteiger partial charge on any atom is 0.415 e. The fourth-order valence-electron chi connectivity index (χ4n) is 2.93. The van der Waals surface area contributed by atoms with Crippen LogP contribution in [0.5, 0.6) is 5.75 Å². The summed E-state index contributed by atoms with van der Waals surface area (Å²) in [6, 6.07) is 8.17. The second kappa shape index (κ2) is 5.21. The molecule has 0 atom stereocenters. The van der Waals surface area contributed by atoms with Gasteiger partial charge in [-0.25, -0.2) is 4.79 Å². The molecule has 3 rings (SSSR count). The number of amides is 1. The summed E-state index contributed by atoms with van der Waals surface area (Å²) < 4.78 is 5.52. The topological polar surface area (TPSA) is 32.8 Å². The van der Waals surface area contributed by atoms with Gasteiger partial charge in [-0.2, -0.15) is 0 Å². The number of piperidine rings is 1. The molecule has 2 heterocycles. The largest absolute Gasteiger partial charge is 0.415 e. The number of hydrogen-bond donors (Lipinski definition) is 0. The van der Waals surface area contributed by atoms with Gasteiger partial charge in [0.25, 0.3) is 0 Å². The fraction of sp³-hybridized carbons (Fsp3) is 0.533. The van der Waals surface area contributed by atoms with E-state index in [0.717, 1.165) is 50.2 Å². The van der Waals surface area contributed by atoms with Crippen molar-refractivity contribution in [1.29, 1.82) is 0 Å². The van der Waals surface area contributed by atoms with Gasteiger partial charge in [0, 0.05) is 12.6 Å². The van der Waals surface area contributed by atoms with Crippen LogP contribution >= 0.6 is 0 Å². The first kappa shape index (κ1) is 12.5. The van der Waals surface area contributed by atoms with E-state index in [0.29, 0.717) is 6.04 Å². The molecule has 102 valence electrons. The first-order valence-corrected chi connectivity index (χ1v) is 6.99. The maximum absolute atomic E-state index is 12.2. The van der Waals surface area contributed by atoms with Crippen LogP contribution in [0.4, 0.5) is 4.79 Å². The zero-order valence-corrected chi connectivity index (χ0v) is 11.3. The van der Waals surface area contributed by atoms with Crippen LogP contribution in [0.3, 0.4) is 0 Å². The number of rotatable bonds is 1. The molecule has 0 bridgehead atoms. The highest BCUT2D eigenvalue weighted by Crippen LogP contribution is 2.25. The molecule has 19 heavy (non-hydrogen) atoms. The van der Waals surface area contributed by atoms with Crippen LogP contribution in [0.1, 0.15) is 18.4 Å². The molecule has 0 aliphatic carbocycles. The molecule has 1 fully saturated rings. The molecule has 0 saturated carbocycles. The number of ether oxygens (including phenoxy) is 1. The highest BCUT2D eigenvalue weighted by atomic mass is 16.6. The summed E-state index contributed by atoms with van der Waals surface area (Å²) in [5, 5.41) is 0. The van der Waals surface area contributed by atoms with Crippen LogP contribution < -0.4 is 4.74 Å². The molecule has 1 aromatic carbocycles. The zero-order chi connectivity index (χ0) is 13.2. The van der Waals surface area contributed by atoms with E-state index in [1.165, 1.54) is 0 Å². The average Bonchev–Trinajstić information content (AvgIpc) is 2.58. The standard InChI is InChI=1S/C15H20N2O2/c1-16-9-7-13(8-10-16)17-11-6-12-4-2-3-5-14(12)19-15(17)18/h2-5,13H,6-11H2,1H3. The Hall–Kier alpha value is -1.55. The first-order chi connectivity index (χ1) is 9.24. The van der Waals surface area contributed by atoms with Gasteiger partial charge in [-0.15, -0.1) is 0 Å². The predicted octanol–water partition coefficient (Wildman–Crippen LogP) is 2.14. The van der Waals surface area contributed by atoms with E-state index in [-0.39, 0.29) is 6.09 Å². The lowest BCUT2D eigenvalue weighted by Crippen LogP contribution is -2.47. The van der Waals surface area contributed by atoms with Crippen molar-refractivity contribution in [2.45, 2.75) is 25.3 Å². The van der Waals surface area contributed by atoms with E-state index in [4.69, 9.17) is 4.74 Å². The van der Waals surface area contributed by atoms with Gasteiger partial charge >= 0.3 is 6.09 Å². The Balaban J connectivity index is 1.74. The third-order valence-corrected chi connectivity index (χ3v) is 4.16. The van der Waals surface area contributed by atoms with Gasteiger partial charge in [0.05, 0.1) is 0 Å². The van der Waals surface area contributed by atoms with Crippen LogP contribution in [-0.2, 0) is 6.42 Å². The Labute approximate surface area is 113 Å². The Morgan fingerprint density at radius 2 is 1.89 bits per heavy atom. The van der Waals surface area contributed by atoms with Crippen molar-refractivity contribution in [2.75, 3.05) is 26.7 Å². The van der Waals surface area contributed by atoms with Crippen LogP contribution in [0.2, 0.25) is 0 Å². The summed E-state index contributed by atoms with van der Waals surface area (Å²) in [5.41, 5.74) is 1.13. The SMILES string of the molecule is CN1CCC(N2CCc3ccccc3OC2=O)CC1. The molecule has 0 N–H and O–H groups in total. The number of hydrogen-bond acceptors (Lipinski definition) is 3. The highest BCUT2D eigenvalue weighted by Gasteiger charge is 2.30. The van der Waals surface area contributed by atoms with Gasteiger partial charge in [-0.3, -0.25) is 0 Å². The minimum Gasteiger partial charge on any atom is -0.410 e. The van der Waals surface area contributed by atoms with Gasteiger partial charge in [0.15, 0.2) is 0 Å². The molecule has 4 heteroatoms. The lowest BCUT2D eigenvalue weighted by Gasteiger charge is -2.35. The molecule has 0 unspecified atom stereocenters. The van der Waals surface area contributed by atoms with Crippen molar-refractivity contribution in [3.8, 4) is 5.75 Å². The fourth-order valence-corrected chi connectivity index (χ4v) is 2.93. The van der Waals surface area contributed by atoms with Crippen molar-refractivity contribution in [2.24, 2.45) is 0 Å². The number of nitrogens with zero attached hydrogens (tertiary/aromatic N) is 2. The monoisotopic (exact) mass is 260 g/mol. The molecule has 1 saturated heterocycles. The molecule has 0 spiro atoms. The Kier molecular flexibility index (Phi) is 3.42. The maximum atomic E-state index is 12.2. The average molecular weight is 260 g/mol. The Bertz CT molecular complexity index is 467. The van der Waals surface area contributed by atoms with E-state index < -0.39 is 0 Å². The van der Waals surface area contributed by atoms with Crippen LogP contribution in [0, 0.1) is 0 Å². The van der Waals surface area contributed by atoms with Crippen LogP contribution in [0.15, 0.2) is 24.3 Å². The van der Waals surface area contributed by atoms with Crippen molar-refractivity contribution in [3.05, 3.63) is 29.8 Å². The molecular weight excluding hydrogens is 240 g/mol. The smallest absolute Gasteiger partial charge is 0.410 e. The second-order valence-electron chi connectivity index (χ2n) is 5.45. The van der Waals surface area contributed by atoms with Gasteiger partial charge in [-0.05, 0) is 51.0 Å². The first-order valence-electron chi connectivity index (χ1n) is 6.99. The van der Waals surface area contributed by atoms with Gasteiger partial charge in [-0.1, -0.05) is 18.2 Å². The number of benzene rings is 1. The Morgan fingerprint density at radius 3 is 2.68 bits per heavy atom. The normalized spacial score (nSPS) is 21.7. The van der Waals surface area contributed by atoms with E-state index in [1.54, 1.807) is 0 Å². The molecule has 4 nitrogen and oxygen atoms in total. The molecule has 2 aliphatic heterocycles. The van der Waals surface area contributed by atoms with E-state index in [9.17, 15) is 4.79 Å². The van der Waals surface area contributed by atoms with Crippen molar-refractivity contribution >= 4 is 6.09 Å². The molecule has 0 radical (unpaired) electrons. The zero-order valence-electron chi connectivity index (χ0n) is 11.3. The quantitative estimate of drug-likeness (QED) is 0.775. The van der Waals surface area contributed by atoms with Crippen molar-refractivity contribution in [3.63, 3.8) is 0 Å².